The van der Waals surface area contributed by atoms with Crippen molar-refractivity contribution >= 4 is 17.5 Å². The van der Waals surface area contributed by atoms with Crippen LogP contribution >= 0.6 is 0 Å². The highest BCUT2D eigenvalue weighted by Crippen LogP contribution is 2.29. The molecule has 5 nitrogen and oxygen atoms in total. The summed E-state index contributed by atoms with van der Waals surface area (Å²) in [6.45, 7) is 0.420. The molecule has 0 spiro atoms. The molecule has 1 fully saturated rings. The summed E-state index contributed by atoms with van der Waals surface area (Å²) in [5.41, 5.74) is 2.23. The highest BCUT2D eigenvalue weighted by atomic mass is 16.2. The molecule has 24 heavy (non-hydrogen) atoms. The van der Waals surface area contributed by atoms with Crippen molar-refractivity contribution in [3.05, 3.63) is 72.1 Å². The van der Waals surface area contributed by atoms with Gasteiger partial charge in [-0.15, -0.1) is 0 Å². The van der Waals surface area contributed by atoms with Crippen molar-refractivity contribution in [2.45, 2.75) is 19.4 Å². The fourth-order valence-electron chi connectivity index (χ4n) is 2.18. The van der Waals surface area contributed by atoms with Crippen LogP contribution in [0.5, 0.6) is 0 Å². The van der Waals surface area contributed by atoms with Gasteiger partial charge >= 0.3 is 0 Å². The molecule has 1 heterocycles. The van der Waals surface area contributed by atoms with Crippen LogP contribution in [0.1, 0.15) is 28.8 Å². The molecule has 0 unspecified atom stereocenters. The van der Waals surface area contributed by atoms with Gasteiger partial charge in [-0.2, -0.15) is 0 Å². The van der Waals surface area contributed by atoms with E-state index in [0.717, 1.165) is 11.3 Å². The van der Waals surface area contributed by atoms with E-state index in [-0.39, 0.29) is 11.8 Å². The van der Waals surface area contributed by atoms with Crippen molar-refractivity contribution in [3.63, 3.8) is 0 Å². The van der Waals surface area contributed by atoms with Crippen LogP contribution in [0.25, 0.3) is 0 Å². The second-order valence-corrected chi connectivity index (χ2v) is 5.81. The van der Waals surface area contributed by atoms with Crippen molar-refractivity contribution in [1.82, 2.24) is 10.3 Å². The van der Waals surface area contributed by atoms with Gasteiger partial charge in [-0.3, -0.25) is 14.6 Å². The van der Waals surface area contributed by atoms with Gasteiger partial charge in [0.1, 0.15) is 0 Å². The molecule has 2 aromatic rings. The number of amides is 2. The number of rotatable bonds is 6. The van der Waals surface area contributed by atoms with E-state index < -0.39 is 0 Å². The summed E-state index contributed by atoms with van der Waals surface area (Å²) in [5, 5.41) is 5.66. The SMILES string of the molecule is O=C(/C=C/C1CC1)Nc1ccc(CNC(=O)c2cccnc2)cc1. The van der Waals surface area contributed by atoms with E-state index in [4.69, 9.17) is 0 Å². The van der Waals surface area contributed by atoms with Crippen LogP contribution in [0.4, 0.5) is 5.69 Å². The Morgan fingerprint density at radius 2 is 1.96 bits per heavy atom. The topological polar surface area (TPSA) is 71.1 Å². The minimum absolute atomic E-state index is 0.112. The average Bonchev–Trinajstić information content (AvgIpc) is 3.44. The fraction of sp³-hybridized carbons (Fsp3) is 0.211. The zero-order chi connectivity index (χ0) is 16.8. The van der Waals surface area contributed by atoms with Gasteiger partial charge in [0.25, 0.3) is 5.91 Å². The third kappa shape index (κ3) is 4.78. The third-order valence-electron chi connectivity index (χ3n) is 3.74. The van der Waals surface area contributed by atoms with Crippen LogP contribution in [0.15, 0.2) is 60.9 Å². The molecule has 1 aliphatic rings. The van der Waals surface area contributed by atoms with Crippen molar-refractivity contribution < 1.29 is 9.59 Å². The Morgan fingerprint density at radius 1 is 1.17 bits per heavy atom. The summed E-state index contributed by atoms with van der Waals surface area (Å²) in [5.74, 6) is 0.312. The Morgan fingerprint density at radius 3 is 2.62 bits per heavy atom. The lowest BCUT2D eigenvalue weighted by Gasteiger charge is -2.07. The van der Waals surface area contributed by atoms with E-state index in [1.807, 2.05) is 30.3 Å². The molecule has 0 atom stereocenters. The van der Waals surface area contributed by atoms with E-state index in [1.54, 1.807) is 24.4 Å². The number of allylic oxidation sites excluding steroid dienone is 1. The molecule has 0 aliphatic heterocycles. The van der Waals surface area contributed by atoms with Crippen LogP contribution in [0.3, 0.4) is 0 Å². The van der Waals surface area contributed by atoms with Crippen LogP contribution in [-0.4, -0.2) is 16.8 Å². The molecule has 122 valence electrons. The minimum atomic E-state index is -0.161. The normalized spacial score (nSPS) is 13.7. The summed E-state index contributed by atoms with van der Waals surface area (Å²) in [6.07, 6.45) is 9.08. The number of nitrogens with zero attached hydrogens (tertiary/aromatic N) is 1. The summed E-state index contributed by atoms with van der Waals surface area (Å²) < 4.78 is 0. The third-order valence-corrected chi connectivity index (χ3v) is 3.74. The van der Waals surface area contributed by atoms with Gasteiger partial charge in [0.05, 0.1) is 5.56 Å². The summed E-state index contributed by atoms with van der Waals surface area (Å²) in [7, 11) is 0. The van der Waals surface area contributed by atoms with E-state index in [9.17, 15) is 9.59 Å². The molecule has 0 saturated heterocycles. The zero-order valence-electron chi connectivity index (χ0n) is 13.2. The first kappa shape index (κ1) is 15.9. The predicted octanol–water partition coefficient (Wildman–Crippen LogP) is 2.92. The maximum absolute atomic E-state index is 11.9. The Hall–Kier alpha value is -2.95. The number of hydrogen-bond acceptors (Lipinski definition) is 3. The molecule has 1 aromatic heterocycles. The quantitative estimate of drug-likeness (QED) is 0.804. The first-order chi connectivity index (χ1) is 11.7. The first-order valence-corrected chi connectivity index (χ1v) is 7.97. The van der Waals surface area contributed by atoms with Crippen LogP contribution < -0.4 is 10.6 Å². The molecule has 1 saturated carbocycles. The number of nitrogens with one attached hydrogen (secondary N) is 2. The van der Waals surface area contributed by atoms with Crippen LogP contribution in [-0.2, 0) is 11.3 Å². The van der Waals surface area contributed by atoms with Crippen molar-refractivity contribution in [2.75, 3.05) is 5.32 Å². The van der Waals surface area contributed by atoms with Crippen molar-refractivity contribution in [1.29, 1.82) is 0 Å². The lowest BCUT2D eigenvalue weighted by molar-refractivity contribution is -0.111. The number of carbonyl (C=O) groups is 2. The molecule has 1 aliphatic carbocycles. The monoisotopic (exact) mass is 321 g/mol. The second kappa shape index (κ2) is 7.55. The first-order valence-electron chi connectivity index (χ1n) is 7.97. The Bertz CT molecular complexity index is 735. The van der Waals surface area contributed by atoms with Crippen LogP contribution in [0.2, 0.25) is 0 Å². The minimum Gasteiger partial charge on any atom is -0.348 e. The Balaban J connectivity index is 1.49. The number of hydrogen-bond donors (Lipinski definition) is 2. The maximum atomic E-state index is 11.9. The van der Waals surface area contributed by atoms with Crippen molar-refractivity contribution in [2.24, 2.45) is 5.92 Å². The Labute approximate surface area is 140 Å². The lowest BCUT2D eigenvalue weighted by atomic mass is 10.2. The van der Waals surface area contributed by atoms with Gasteiger partial charge in [-0.1, -0.05) is 18.2 Å². The lowest BCUT2D eigenvalue weighted by Crippen LogP contribution is -2.22. The van der Waals surface area contributed by atoms with Gasteiger partial charge in [-0.25, -0.2) is 0 Å². The molecular weight excluding hydrogens is 302 g/mol. The molecule has 0 bridgehead atoms. The van der Waals surface area contributed by atoms with E-state index in [2.05, 4.69) is 15.6 Å². The highest BCUT2D eigenvalue weighted by Gasteiger charge is 2.17. The summed E-state index contributed by atoms with van der Waals surface area (Å²) in [6, 6.07) is 10.9. The number of carbonyl (C=O) groups excluding carboxylic acids is 2. The molecule has 5 heteroatoms. The smallest absolute Gasteiger partial charge is 0.253 e. The number of pyridine rings is 1. The van der Waals surface area contributed by atoms with E-state index in [1.165, 1.54) is 19.0 Å². The fourth-order valence-corrected chi connectivity index (χ4v) is 2.18. The standard InChI is InChI=1S/C19H19N3O2/c23-18(10-7-14-3-4-14)22-17-8-5-15(6-9-17)12-21-19(24)16-2-1-11-20-13-16/h1-2,5-11,13-14H,3-4,12H2,(H,21,24)(H,22,23)/b10-7+. The molecule has 3 rings (SSSR count). The maximum Gasteiger partial charge on any atom is 0.253 e. The molecule has 1 aromatic carbocycles. The average molecular weight is 321 g/mol. The Kier molecular flexibility index (Phi) is 5.01. The van der Waals surface area contributed by atoms with Gasteiger partial charge in [0.15, 0.2) is 0 Å². The molecule has 2 amide bonds. The van der Waals surface area contributed by atoms with E-state index in [0.29, 0.717) is 18.0 Å². The van der Waals surface area contributed by atoms with Crippen LogP contribution in [0, 0.1) is 5.92 Å². The molecule has 2 N–H and O–H groups in total. The highest BCUT2D eigenvalue weighted by molar-refractivity contribution is 5.99. The second-order valence-electron chi connectivity index (χ2n) is 5.81. The summed E-state index contributed by atoms with van der Waals surface area (Å²) in [4.78, 5) is 27.6. The van der Waals surface area contributed by atoms with Gasteiger partial charge < -0.3 is 10.6 Å². The largest absolute Gasteiger partial charge is 0.348 e. The van der Waals surface area contributed by atoms with Gasteiger partial charge in [-0.05, 0) is 54.7 Å². The van der Waals surface area contributed by atoms with Crippen molar-refractivity contribution in [3.8, 4) is 0 Å². The molecule has 0 radical (unpaired) electrons. The number of benzene rings is 1. The summed E-state index contributed by atoms with van der Waals surface area (Å²) >= 11 is 0. The zero-order valence-corrected chi connectivity index (χ0v) is 13.2. The molecular formula is C19H19N3O2. The predicted molar refractivity (Wildman–Crippen MR) is 92.3 cm³/mol. The number of aromatic nitrogens is 1. The number of anilines is 1. The van der Waals surface area contributed by atoms with Gasteiger partial charge in [0, 0.05) is 24.6 Å². The van der Waals surface area contributed by atoms with Gasteiger partial charge in [0.2, 0.25) is 5.91 Å². The van der Waals surface area contributed by atoms with E-state index >= 15 is 0 Å².